The monoisotopic (exact) mass is 231 g/mol. The normalized spacial score (nSPS) is 11.1. The number of hydrogen-bond donors (Lipinski definition) is 1. The quantitative estimate of drug-likeness (QED) is 0.618. The Bertz CT molecular complexity index is 441. The number of hydrogen-bond acceptors (Lipinski definition) is 5. The number of ether oxygens (including phenoxy) is 1. The molecule has 1 aromatic rings. The van der Waals surface area contributed by atoms with Crippen LogP contribution in [0.25, 0.3) is 0 Å². The molecule has 1 aromatic carbocycles. The molecule has 0 atom stereocenters. The van der Waals surface area contributed by atoms with Gasteiger partial charge < -0.3 is 14.7 Å². The summed E-state index contributed by atoms with van der Waals surface area (Å²) in [6.07, 6.45) is 0. The van der Waals surface area contributed by atoms with Gasteiger partial charge in [0.25, 0.3) is 0 Å². The summed E-state index contributed by atoms with van der Waals surface area (Å²) in [4.78, 5) is 0. The maximum atomic E-state index is 11.2. The maximum absolute atomic E-state index is 11.2. The molecule has 2 N–H and O–H groups in total. The van der Waals surface area contributed by atoms with E-state index in [4.69, 9.17) is 14.7 Å². The molecule has 0 saturated carbocycles. The van der Waals surface area contributed by atoms with Crippen molar-refractivity contribution in [3.63, 3.8) is 0 Å². The lowest BCUT2D eigenvalue weighted by molar-refractivity contribution is 0.391. The number of benzene rings is 1. The molecule has 0 amide bonds. The Labute approximate surface area is 88.9 Å². The Kier molecular flexibility index (Phi) is 3.41. The molecule has 0 aliphatic heterocycles. The molecule has 6 heteroatoms. The summed E-state index contributed by atoms with van der Waals surface area (Å²) in [7, 11) is -2.13. The molecule has 0 saturated heterocycles. The second kappa shape index (κ2) is 4.39. The summed E-state index contributed by atoms with van der Waals surface area (Å²) in [6, 6.07) is 4.56. The third kappa shape index (κ3) is 3.02. The van der Waals surface area contributed by atoms with Gasteiger partial charge in [0, 0.05) is 11.8 Å². The predicted molar refractivity (Wildman–Crippen MR) is 57.5 cm³/mol. The van der Waals surface area contributed by atoms with Crippen LogP contribution in [0.2, 0.25) is 0 Å². The van der Waals surface area contributed by atoms with E-state index in [0.29, 0.717) is 11.4 Å². The first-order valence-corrected chi connectivity index (χ1v) is 5.92. The Balaban J connectivity index is 3.08. The molecule has 0 bridgehead atoms. The fraction of sp³-hybridized carbons (Fsp3) is 0.333. The molecule has 0 aliphatic rings. The van der Waals surface area contributed by atoms with E-state index in [2.05, 4.69) is 0 Å². The van der Waals surface area contributed by atoms with E-state index in [-0.39, 0.29) is 11.5 Å². The highest BCUT2D eigenvalue weighted by molar-refractivity contribution is 7.87. The topological polar surface area (TPSA) is 78.6 Å². The van der Waals surface area contributed by atoms with Crippen molar-refractivity contribution in [1.82, 2.24) is 0 Å². The third-order valence-corrected chi connectivity index (χ3v) is 2.90. The zero-order valence-electron chi connectivity index (χ0n) is 8.56. The summed E-state index contributed by atoms with van der Waals surface area (Å²) in [6.45, 7) is 1.49. The lowest BCUT2D eigenvalue weighted by Crippen LogP contribution is -2.12. The van der Waals surface area contributed by atoms with Gasteiger partial charge in [-0.05, 0) is 19.1 Å². The molecule has 0 aliphatic carbocycles. The first-order valence-electron chi connectivity index (χ1n) is 4.34. The molecular formula is C9H13NO4S. The molecule has 0 aromatic heterocycles. The maximum Gasteiger partial charge on any atom is 0.309 e. The van der Waals surface area contributed by atoms with Crippen molar-refractivity contribution in [3.8, 4) is 11.5 Å². The van der Waals surface area contributed by atoms with Crippen molar-refractivity contribution < 1.29 is 17.3 Å². The Morgan fingerprint density at radius 2 is 2.00 bits per heavy atom. The van der Waals surface area contributed by atoms with Crippen LogP contribution in [0.4, 0.5) is 5.69 Å². The minimum Gasteiger partial charge on any atom is -0.493 e. The number of anilines is 1. The lowest BCUT2D eigenvalue weighted by atomic mass is 10.3. The van der Waals surface area contributed by atoms with Crippen LogP contribution < -0.4 is 14.7 Å². The lowest BCUT2D eigenvalue weighted by Gasteiger charge is -2.09. The second-order valence-electron chi connectivity index (χ2n) is 2.84. The summed E-state index contributed by atoms with van der Waals surface area (Å²) < 4.78 is 32.2. The average Bonchev–Trinajstić information content (AvgIpc) is 2.18. The molecule has 1 rings (SSSR count). The highest BCUT2D eigenvalue weighted by Gasteiger charge is 2.13. The number of nitrogen functional groups attached to an aromatic ring is 1. The number of nitrogens with two attached hydrogens (primary N) is 1. The zero-order valence-corrected chi connectivity index (χ0v) is 9.37. The largest absolute Gasteiger partial charge is 0.493 e. The van der Waals surface area contributed by atoms with E-state index < -0.39 is 10.1 Å². The zero-order chi connectivity index (χ0) is 11.5. The van der Waals surface area contributed by atoms with Crippen LogP contribution in [0.3, 0.4) is 0 Å². The molecule has 0 unspecified atom stereocenters. The first kappa shape index (κ1) is 11.6. The van der Waals surface area contributed by atoms with Gasteiger partial charge >= 0.3 is 10.1 Å². The number of methoxy groups -OCH3 is 1. The molecular weight excluding hydrogens is 218 g/mol. The standard InChI is InChI=1S/C9H13NO4S/c1-3-15(11,12)14-9-6-7(10)4-5-8(9)13-2/h4-6H,3,10H2,1-2H3. The van der Waals surface area contributed by atoms with Crippen molar-refractivity contribution in [3.05, 3.63) is 18.2 Å². The van der Waals surface area contributed by atoms with Crippen LogP contribution in [0.5, 0.6) is 11.5 Å². The first-order chi connectivity index (χ1) is 6.98. The van der Waals surface area contributed by atoms with Crippen LogP contribution in [0.1, 0.15) is 6.92 Å². The van der Waals surface area contributed by atoms with Crippen molar-refractivity contribution in [2.45, 2.75) is 6.92 Å². The molecule has 84 valence electrons. The summed E-state index contributed by atoms with van der Waals surface area (Å²) >= 11 is 0. The van der Waals surface area contributed by atoms with Crippen molar-refractivity contribution in [2.24, 2.45) is 0 Å². The molecule has 15 heavy (non-hydrogen) atoms. The van der Waals surface area contributed by atoms with E-state index in [0.717, 1.165) is 0 Å². The van der Waals surface area contributed by atoms with Crippen LogP contribution in [-0.2, 0) is 10.1 Å². The summed E-state index contributed by atoms with van der Waals surface area (Å²) in [5.74, 6) is 0.339. The van der Waals surface area contributed by atoms with Crippen LogP contribution in [0.15, 0.2) is 18.2 Å². The van der Waals surface area contributed by atoms with Crippen molar-refractivity contribution in [1.29, 1.82) is 0 Å². The van der Waals surface area contributed by atoms with Gasteiger partial charge in [0.2, 0.25) is 0 Å². The van der Waals surface area contributed by atoms with Gasteiger partial charge in [0.05, 0.1) is 12.9 Å². The highest BCUT2D eigenvalue weighted by atomic mass is 32.2. The van der Waals surface area contributed by atoms with E-state index in [1.54, 1.807) is 12.1 Å². The van der Waals surface area contributed by atoms with Gasteiger partial charge in [-0.3, -0.25) is 0 Å². The van der Waals surface area contributed by atoms with Gasteiger partial charge in [-0.1, -0.05) is 0 Å². The van der Waals surface area contributed by atoms with Gasteiger partial charge in [0.1, 0.15) is 0 Å². The fourth-order valence-electron chi connectivity index (χ4n) is 0.954. The number of rotatable bonds is 4. The van der Waals surface area contributed by atoms with Gasteiger partial charge in [-0.2, -0.15) is 8.42 Å². The van der Waals surface area contributed by atoms with Crippen molar-refractivity contribution >= 4 is 15.8 Å². The summed E-state index contributed by atoms with van der Waals surface area (Å²) in [5.41, 5.74) is 5.93. The smallest absolute Gasteiger partial charge is 0.309 e. The molecule has 0 heterocycles. The van der Waals surface area contributed by atoms with E-state index in [1.165, 1.54) is 20.1 Å². The predicted octanol–water partition coefficient (Wildman–Crippen LogP) is 1.01. The fourth-order valence-corrected chi connectivity index (χ4v) is 1.48. The van der Waals surface area contributed by atoms with Crippen molar-refractivity contribution in [2.75, 3.05) is 18.6 Å². The molecule has 5 nitrogen and oxygen atoms in total. The SMILES string of the molecule is CCS(=O)(=O)Oc1cc(N)ccc1OC. The Morgan fingerprint density at radius 1 is 1.33 bits per heavy atom. The minimum absolute atomic E-state index is 0.106. The Morgan fingerprint density at radius 3 is 2.53 bits per heavy atom. The van der Waals surface area contributed by atoms with E-state index in [1.807, 2.05) is 0 Å². The van der Waals surface area contributed by atoms with Crippen LogP contribution in [-0.4, -0.2) is 21.3 Å². The van der Waals surface area contributed by atoms with Gasteiger partial charge in [-0.15, -0.1) is 0 Å². The summed E-state index contributed by atoms with van der Waals surface area (Å²) in [5, 5.41) is 0. The van der Waals surface area contributed by atoms with E-state index in [9.17, 15) is 8.42 Å². The molecule has 0 fully saturated rings. The third-order valence-electron chi connectivity index (χ3n) is 1.76. The highest BCUT2D eigenvalue weighted by Crippen LogP contribution is 2.30. The van der Waals surface area contributed by atoms with Crippen LogP contribution >= 0.6 is 0 Å². The van der Waals surface area contributed by atoms with Gasteiger partial charge in [-0.25, -0.2) is 0 Å². The Hall–Kier alpha value is -1.43. The van der Waals surface area contributed by atoms with Gasteiger partial charge in [0.15, 0.2) is 11.5 Å². The second-order valence-corrected chi connectivity index (χ2v) is 4.70. The minimum atomic E-state index is -3.56. The van der Waals surface area contributed by atoms with E-state index >= 15 is 0 Å². The molecule has 0 spiro atoms. The van der Waals surface area contributed by atoms with Crippen LogP contribution in [0, 0.1) is 0 Å². The molecule has 0 radical (unpaired) electrons. The average molecular weight is 231 g/mol.